The van der Waals surface area contributed by atoms with Crippen LogP contribution in [-0.2, 0) is 15.1 Å². The van der Waals surface area contributed by atoms with Gasteiger partial charge in [0.05, 0.1) is 24.3 Å². The Labute approximate surface area is 176 Å². The summed E-state index contributed by atoms with van der Waals surface area (Å²) >= 11 is 0. The predicted molar refractivity (Wildman–Crippen MR) is 107 cm³/mol. The Hall–Kier alpha value is -2.94. The number of nitrogens with zero attached hydrogens (tertiary/aromatic N) is 1. The Morgan fingerprint density at radius 1 is 1.13 bits per heavy atom. The topological polar surface area (TPSA) is 61.4 Å². The zero-order chi connectivity index (χ0) is 22.2. The van der Waals surface area contributed by atoms with Crippen LogP contribution >= 0.6 is 0 Å². The normalized spacial score (nSPS) is 20.3. The van der Waals surface area contributed by atoms with Crippen molar-refractivity contribution < 1.29 is 27.2 Å². The zero-order valence-corrected chi connectivity index (χ0v) is 16.5. The molecule has 2 amide bonds. The van der Waals surface area contributed by atoms with Crippen LogP contribution in [0.1, 0.15) is 31.2 Å². The molecule has 0 aromatic heterocycles. The second-order valence-corrected chi connectivity index (χ2v) is 7.89. The Morgan fingerprint density at radius 3 is 2.42 bits per heavy atom. The molecule has 9 heteroatoms. The highest BCUT2D eigenvalue weighted by Crippen LogP contribution is 2.42. The van der Waals surface area contributed by atoms with Crippen LogP contribution in [0.2, 0.25) is 0 Å². The lowest BCUT2D eigenvalue weighted by molar-refractivity contribution is -0.157. The highest BCUT2D eigenvalue weighted by Gasteiger charge is 2.49. The molecule has 31 heavy (non-hydrogen) atoms. The van der Waals surface area contributed by atoms with Gasteiger partial charge in [0.25, 0.3) is 0 Å². The van der Waals surface area contributed by atoms with Crippen molar-refractivity contribution in [2.24, 2.45) is 0 Å². The van der Waals surface area contributed by atoms with Crippen LogP contribution < -0.4 is 15.5 Å². The van der Waals surface area contributed by atoms with Gasteiger partial charge in [0.2, 0.25) is 11.8 Å². The van der Waals surface area contributed by atoms with E-state index in [1.807, 2.05) is 0 Å². The highest BCUT2D eigenvalue weighted by molar-refractivity contribution is 6.05. The number of carbonyl (C=O) groups excluding carboxylic acids is 2. The molecule has 0 radical (unpaired) electrons. The van der Waals surface area contributed by atoms with E-state index in [4.69, 9.17) is 0 Å². The lowest BCUT2D eigenvalue weighted by Gasteiger charge is -2.44. The van der Waals surface area contributed by atoms with E-state index in [1.165, 1.54) is 30.3 Å². The van der Waals surface area contributed by atoms with E-state index < -0.39 is 36.0 Å². The van der Waals surface area contributed by atoms with Crippen LogP contribution in [0, 0.1) is 5.82 Å². The van der Waals surface area contributed by atoms with Crippen molar-refractivity contribution >= 4 is 23.2 Å². The molecule has 2 aromatic rings. The summed E-state index contributed by atoms with van der Waals surface area (Å²) in [6.45, 7) is -0.355. The highest BCUT2D eigenvalue weighted by atomic mass is 19.4. The van der Waals surface area contributed by atoms with Gasteiger partial charge in [-0.05, 0) is 49.1 Å². The Kier molecular flexibility index (Phi) is 5.47. The largest absolute Gasteiger partial charge is 0.409 e. The van der Waals surface area contributed by atoms with Crippen molar-refractivity contribution in [2.75, 3.05) is 16.8 Å². The van der Waals surface area contributed by atoms with Gasteiger partial charge in [-0.25, -0.2) is 4.39 Å². The number of para-hydroxylation sites is 2. The number of anilines is 2. The van der Waals surface area contributed by atoms with Gasteiger partial charge in [0.1, 0.15) is 11.9 Å². The quantitative estimate of drug-likeness (QED) is 0.711. The molecule has 2 N–H and O–H groups in total. The molecule has 2 aromatic carbocycles. The fourth-order valence-electron chi connectivity index (χ4n) is 4.19. The molecule has 2 aliphatic rings. The molecular weight excluding hydrogens is 414 g/mol. The maximum atomic E-state index is 13.8. The number of carbonyl (C=O) groups is 2. The van der Waals surface area contributed by atoms with E-state index in [0.717, 1.165) is 12.0 Å². The molecule has 5 nitrogen and oxygen atoms in total. The predicted octanol–water partition coefficient (Wildman–Crippen LogP) is 4.10. The molecule has 1 fully saturated rings. The molecule has 1 saturated carbocycles. The van der Waals surface area contributed by atoms with E-state index in [-0.39, 0.29) is 23.7 Å². The number of hydrogen-bond acceptors (Lipinski definition) is 3. The van der Waals surface area contributed by atoms with Crippen LogP contribution in [-0.4, -0.2) is 30.6 Å². The van der Waals surface area contributed by atoms with E-state index in [1.54, 1.807) is 18.2 Å². The van der Waals surface area contributed by atoms with Gasteiger partial charge in [0.15, 0.2) is 0 Å². The second kappa shape index (κ2) is 7.96. The first-order valence-electron chi connectivity index (χ1n) is 9.98. The number of nitrogens with one attached hydrogen (secondary N) is 2. The minimum absolute atomic E-state index is 0.00640. The number of halogens is 4. The number of alkyl halides is 3. The number of fused-ring (bicyclic) bond motifs is 1. The van der Waals surface area contributed by atoms with E-state index in [9.17, 15) is 27.2 Å². The van der Waals surface area contributed by atoms with Crippen LogP contribution in [0.4, 0.5) is 28.9 Å². The van der Waals surface area contributed by atoms with Crippen molar-refractivity contribution in [3.8, 4) is 0 Å². The SMILES string of the molecule is O=C1C[C@@H](C(F)(F)F)N(C(=O)CNC2(c3ccc(F)cc3)CCC2)c2ccccc2N1. The first kappa shape index (κ1) is 21.3. The van der Waals surface area contributed by atoms with E-state index in [0.29, 0.717) is 17.7 Å². The van der Waals surface area contributed by atoms with Gasteiger partial charge in [-0.1, -0.05) is 24.3 Å². The molecule has 4 rings (SSSR count). The van der Waals surface area contributed by atoms with Gasteiger partial charge in [-0.3, -0.25) is 19.8 Å². The molecule has 1 aliphatic heterocycles. The summed E-state index contributed by atoms with van der Waals surface area (Å²) in [5.74, 6) is -1.99. The van der Waals surface area contributed by atoms with Crippen LogP contribution in [0.25, 0.3) is 0 Å². The summed E-state index contributed by atoms with van der Waals surface area (Å²) in [5, 5.41) is 5.56. The van der Waals surface area contributed by atoms with Crippen molar-refractivity contribution in [1.82, 2.24) is 5.32 Å². The maximum absolute atomic E-state index is 13.8. The maximum Gasteiger partial charge on any atom is 0.409 e. The summed E-state index contributed by atoms with van der Waals surface area (Å²) in [7, 11) is 0. The average Bonchev–Trinajstić information content (AvgIpc) is 2.84. The minimum Gasteiger partial charge on any atom is -0.324 e. The molecule has 0 spiro atoms. The number of rotatable bonds is 4. The smallest absolute Gasteiger partial charge is 0.324 e. The summed E-state index contributed by atoms with van der Waals surface area (Å²) in [4.78, 5) is 25.8. The first-order chi connectivity index (χ1) is 14.7. The summed E-state index contributed by atoms with van der Waals surface area (Å²) < 4.78 is 54.8. The number of benzene rings is 2. The third-order valence-corrected chi connectivity index (χ3v) is 5.96. The second-order valence-electron chi connectivity index (χ2n) is 7.89. The lowest BCUT2D eigenvalue weighted by atomic mass is 9.72. The molecule has 0 unspecified atom stereocenters. The Bertz CT molecular complexity index is 987. The summed E-state index contributed by atoms with van der Waals surface area (Å²) in [6, 6.07) is 9.55. The van der Waals surface area contributed by atoms with Crippen molar-refractivity contribution in [1.29, 1.82) is 0 Å². The summed E-state index contributed by atoms with van der Waals surface area (Å²) in [5.41, 5.74) is 0.362. The van der Waals surface area contributed by atoms with Crippen molar-refractivity contribution in [3.05, 3.63) is 59.9 Å². The standard InChI is InChI=1S/C22H21F4N3O2/c23-15-8-6-14(7-9-15)21(10-3-11-21)27-13-20(31)29-17-5-2-1-4-16(17)28-19(30)12-18(29)22(24,25)26/h1-2,4-9,18,27H,3,10-13H2,(H,28,30)/t18-/m0/s1. The average molecular weight is 435 g/mol. The monoisotopic (exact) mass is 435 g/mol. The lowest BCUT2D eigenvalue weighted by Crippen LogP contribution is -2.56. The molecule has 1 aliphatic carbocycles. The van der Waals surface area contributed by atoms with Crippen molar-refractivity contribution in [3.63, 3.8) is 0 Å². The molecule has 0 saturated heterocycles. The van der Waals surface area contributed by atoms with Gasteiger partial charge < -0.3 is 5.32 Å². The van der Waals surface area contributed by atoms with E-state index in [2.05, 4.69) is 10.6 Å². The minimum atomic E-state index is -4.78. The van der Waals surface area contributed by atoms with E-state index >= 15 is 0 Å². The van der Waals surface area contributed by atoms with Crippen molar-refractivity contribution in [2.45, 2.75) is 43.4 Å². The summed E-state index contributed by atoms with van der Waals surface area (Å²) in [6.07, 6.45) is -3.41. The van der Waals surface area contributed by atoms with Crippen LogP contribution in [0.5, 0.6) is 0 Å². The molecular formula is C22H21F4N3O2. The van der Waals surface area contributed by atoms with Crippen LogP contribution in [0.3, 0.4) is 0 Å². The molecule has 164 valence electrons. The number of amides is 2. The van der Waals surface area contributed by atoms with Gasteiger partial charge in [0, 0.05) is 5.54 Å². The van der Waals surface area contributed by atoms with Gasteiger partial charge in [-0.2, -0.15) is 13.2 Å². The Morgan fingerprint density at radius 2 is 1.81 bits per heavy atom. The molecule has 1 atom stereocenters. The fourth-order valence-corrected chi connectivity index (χ4v) is 4.19. The first-order valence-corrected chi connectivity index (χ1v) is 9.98. The zero-order valence-electron chi connectivity index (χ0n) is 16.5. The molecule has 0 bridgehead atoms. The number of hydrogen-bond donors (Lipinski definition) is 2. The third-order valence-electron chi connectivity index (χ3n) is 5.96. The fraction of sp³-hybridized carbons (Fsp3) is 0.364. The molecule has 1 heterocycles. The van der Waals surface area contributed by atoms with Gasteiger partial charge >= 0.3 is 6.18 Å². The van der Waals surface area contributed by atoms with Crippen LogP contribution in [0.15, 0.2) is 48.5 Å². The van der Waals surface area contributed by atoms with Gasteiger partial charge in [-0.15, -0.1) is 0 Å². The Balaban J connectivity index is 1.62. The third kappa shape index (κ3) is 4.14.